The van der Waals surface area contributed by atoms with Crippen LogP contribution in [0.15, 0.2) is 30.7 Å². The molecule has 0 aromatic carbocycles. The topological polar surface area (TPSA) is 68.1 Å². The van der Waals surface area contributed by atoms with Gasteiger partial charge in [-0.15, -0.1) is 0 Å². The monoisotopic (exact) mass is 306 g/mol. The second kappa shape index (κ2) is 6.49. The van der Waals surface area contributed by atoms with Gasteiger partial charge in [-0.05, 0) is 26.0 Å². The first-order valence-corrected chi connectivity index (χ1v) is 6.86. The first kappa shape index (κ1) is 15.2. The second-order valence-electron chi connectivity index (χ2n) is 4.48. The van der Waals surface area contributed by atoms with Crippen LogP contribution in [0.2, 0.25) is 5.15 Å². The second-order valence-corrected chi connectivity index (χ2v) is 4.84. The van der Waals surface area contributed by atoms with Crippen molar-refractivity contribution in [1.82, 2.24) is 14.8 Å². The molecule has 2 heterocycles. The van der Waals surface area contributed by atoms with E-state index in [4.69, 9.17) is 11.6 Å². The van der Waals surface area contributed by atoms with Gasteiger partial charge >= 0.3 is 0 Å². The van der Waals surface area contributed by atoms with Crippen molar-refractivity contribution in [2.24, 2.45) is 0 Å². The lowest BCUT2D eigenvalue weighted by molar-refractivity contribution is -0.125. The molecule has 0 aliphatic heterocycles. The fourth-order valence-corrected chi connectivity index (χ4v) is 2.17. The number of Topliss-reactive ketones (excluding diaryl/α,β-unsaturated/α-hetero) is 1. The van der Waals surface area contributed by atoms with E-state index in [-0.39, 0.29) is 23.3 Å². The standard InChI is InChI=1S/C14H15ClN4O2/c1-3-18(13(21)7-10(2)20)12-9-19(17-14(12)15)11-5-4-6-16-8-11/h4-6,8-9H,3,7H2,1-2H3. The molecule has 0 N–H and O–H groups in total. The molecule has 2 aromatic rings. The number of ketones is 1. The van der Waals surface area contributed by atoms with E-state index in [1.807, 2.05) is 13.0 Å². The lowest BCUT2D eigenvalue weighted by Gasteiger charge is -2.18. The van der Waals surface area contributed by atoms with E-state index in [1.54, 1.807) is 29.3 Å². The average molecular weight is 307 g/mol. The van der Waals surface area contributed by atoms with Gasteiger partial charge in [0.1, 0.15) is 11.5 Å². The van der Waals surface area contributed by atoms with Crippen LogP contribution in [0.25, 0.3) is 5.69 Å². The Hall–Kier alpha value is -2.21. The molecule has 2 rings (SSSR count). The number of nitrogens with zero attached hydrogens (tertiary/aromatic N) is 4. The summed E-state index contributed by atoms with van der Waals surface area (Å²) in [5.41, 5.74) is 1.22. The minimum Gasteiger partial charge on any atom is -0.308 e. The number of carbonyl (C=O) groups is 2. The van der Waals surface area contributed by atoms with Gasteiger partial charge in [-0.2, -0.15) is 5.10 Å². The van der Waals surface area contributed by atoms with Crippen molar-refractivity contribution >= 4 is 29.0 Å². The van der Waals surface area contributed by atoms with Gasteiger partial charge in [0, 0.05) is 12.7 Å². The molecule has 2 aromatic heterocycles. The number of aromatic nitrogens is 3. The highest BCUT2D eigenvalue weighted by atomic mass is 35.5. The molecule has 0 saturated carbocycles. The number of carbonyl (C=O) groups excluding carboxylic acids is 2. The highest BCUT2D eigenvalue weighted by molar-refractivity contribution is 6.32. The van der Waals surface area contributed by atoms with Crippen molar-refractivity contribution in [3.63, 3.8) is 0 Å². The van der Waals surface area contributed by atoms with E-state index in [9.17, 15) is 9.59 Å². The summed E-state index contributed by atoms with van der Waals surface area (Å²) < 4.78 is 1.55. The fourth-order valence-electron chi connectivity index (χ4n) is 1.94. The van der Waals surface area contributed by atoms with Crippen LogP contribution in [-0.4, -0.2) is 33.0 Å². The van der Waals surface area contributed by atoms with Crippen LogP contribution in [0.4, 0.5) is 5.69 Å². The maximum atomic E-state index is 12.1. The summed E-state index contributed by atoms with van der Waals surface area (Å²) in [6, 6.07) is 3.61. The van der Waals surface area contributed by atoms with E-state index in [0.29, 0.717) is 12.2 Å². The van der Waals surface area contributed by atoms with Gasteiger partial charge in [0.05, 0.1) is 24.5 Å². The molecule has 21 heavy (non-hydrogen) atoms. The van der Waals surface area contributed by atoms with Gasteiger partial charge in [0.2, 0.25) is 5.91 Å². The molecule has 0 saturated heterocycles. The van der Waals surface area contributed by atoms with Crippen molar-refractivity contribution in [2.45, 2.75) is 20.3 Å². The molecular weight excluding hydrogens is 292 g/mol. The molecular formula is C14H15ClN4O2. The molecule has 0 radical (unpaired) electrons. The third-order valence-electron chi connectivity index (χ3n) is 2.87. The van der Waals surface area contributed by atoms with E-state index in [0.717, 1.165) is 5.69 Å². The van der Waals surface area contributed by atoms with E-state index < -0.39 is 0 Å². The number of hydrogen-bond acceptors (Lipinski definition) is 4. The van der Waals surface area contributed by atoms with Crippen LogP contribution in [0.5, 0.6) is 0 Å². The lowest BCUT2D eigenvalue weighted by atomic mass is 10.2. The zero-order chi connectivity index (χ0) is 15.4. The number of pyridine rings is 1. The van der Waals surface area contributed by atoms with Crippen molar-refractivity contribution in [3.8, 4) is 5.69 Å². The van der Waals surface area contributed by atoms with Crippen molar-refractivity contribution in [3.05, 3.63) is 35.9 Å². The number of rotatable bonds is 5. The minimum absolute atomic E-state index is 0.151. The van der Waals surface area contributed by atoms with Crippen LogP contribution in [0, 0.1) is 0 Å². The number of halogens is 1. The van der Waals surface area contributed by atoms with E-state index in [2.05, 4.69) is 10.1 Å². The number of amides is 1. The molecule has 1 amide bonds. The molecule has 0 spiro atoms. The molecule has 110 valence electrons. The molecule has 0 fully saturated rings. The Morgan fingerprint density at radius 1 is 1.43 bits per heavy atom. The van der Waals surface area contributed by atoms with Gasteiger partial charge in [-0.3, -0.25) is 14.6 Å². The highest BCUT2D eigenvalue weighted by Crippen LogP contribution is 2.26. The van der Waals surface area contributed by atoms with Gasteiger partial charge < -0.3 is 4.90 Å². The predicted octanol–water partition coefficient (Wildman–Crippen LogP) is 2.25. The fraction of sp³-hybridized carbons (Fsp3) is 0.286. The van der Waals surface area contributed by atoms with Crippen LogP contribution in [0.1, 0.15) is 20.3 Å². The maximum absolute atomic E-state index is 12.1. The van der Waals surface area contributed by atoms with Crippen LogP contribution >= 0.6 is 11.6 Å². The molecule has 7 heteroatoms. The van der Waals surface area contributed by atoms with Crippen molar-refractivity contribution in [1.29, 1.82) is 0 Å². The maximum Gasteiger partial charge on any atom is 0.234 e. The third kappa shape index (κ3) is 3.46. The Morgan fingerprint density at radius 2 is 2.19 bits per heavy atom. The Morgan fingerprint density at radius 3 is 2.76 bits per heavy atom. The summed E-state index contributed by atoms with van der Waals surface area (Å²) in [5.74, 6) is -0.480. The zero-order valence-corrected chi connectivity index (χ0v) is 12.5. The lowest BCUT2D eigenvalue weighted by Crippen LogP contribution is -2.31. The summed E-state index contributed by atoms with van der Waals surface area (Å²) >= 11 is 6.12. The molecule has 0 atom stereocenters. The van der Waals surface area contributed by atoms with E-state index in [1.165, 1.54) is 11.8 Å². The van der Waals surface area contributed by atoms with Gasteiger partial charge in [-0.25, -0.2) is 4.68 Å². The summed E-state index contributed by atoms with van der Waals surface area (Å²) in [7, 11) is 0. The molecule has 0 aliphatic rings. The first-order valence-electron chi connectivity index (χ1n) is 6.48. The predicted molar refractivity (Wildman–Crippen MR) is 79.7 cm³/mol. The van der Waals surface area contributed by atoms with Crippen LogP contribution in [0.3, 0.4) is 0 Å². The Labute approximate surface area is 127 Å². The Bertz CT molecular complexity index is 654. The van der Waals surface area contributed by atoms with Gasteiger partial charge in [0.15, 0.2) is 5.15 Å². The van der Waals surface area contributed by atoms with Gasteiger partial charge in [-0.1, -0.05) is 11.6 Å². The summed E-state index contributed by atoms with van der Waals surface area (Å²) in [6.45, 7) is 3.60. The smallest absolute Gasteiger partial charge is 0.234 e. The summed E-state index contributed by atoms with van der Waals surface area (Å²) in [6.07, 6.45) is 4.80. The van der Waals surface area contributed by atoms with Gasteiger partial charge in [0.25, 0.3) is 0 Å². The molecule has 6 nitrogen and oxygen atoms in total. The average Bonchev–Trinajstić information content (AvgIpc) is 2.82. The highest BCUT2D eigenvalue weighted by Gasteiger charge is 2.21. The van der Waals surface area contributed by atoms with Crippen LogP contribution < -0.4 is 4.90 Å². The van der Waals surface area contributed by atoms with E-state index >= 15 is 0 Å². The number of anilines is 1. The minimum atomic E-state index is -0.294. The quantitative estimate of drug-likeness (QED) is 0.795. The molecule has 0 aliphatic carbocycles. The molecule has 0 unspecified atom stereocenters. The normalized spacial score (nSPS) is 10.4. The van der Waals surface area contributed by atoms with Crippen molar-refractivity contribution < 1.29 is 9.59 Å². The summed E-state index contributed by atoms with van der Waals surface area (Å²) in [4.78, 5) is 28.6. The summed E-state index contributed by atoms with van der Waals surface area (Å²) in [5, 5.41) is 4.38. The third-order valence-corrected chi connectivity index (χ3v) is 3.14. The number of hydrogen-bond donors (Lipinski definition) is 0. The molecule has 0 bridgehead atoms. The van der Waals surface area contributed by atoms with Crippen LogP contribution in [-0.2, 0) is 9.59 Å². The zero-order valence-electron chi connectivity index (χ0n) is 11.8. The Balaban J connectivity index is 2.33. The first-order chi connectivity index (χ1) is 10.0. The Kier molecular flexibility index (Phi) is 4.70. The largest absolute Gasteiger partial charge is 0.308 e. The van der Waals surface area contributed by atoms with Crippen molar-refractivity contribution in [2.75, 3.05) is 11.4 Å². The SMILES string of the molecule is CCN(C(=O)CC(C)=O)c1cn(-c2cccnc2)nc1Cl.